The maximum atomic E-state index is 11.9. The highest BCUT2D eigenvalue weighted by atomic mass is 35.5. The van der Waals surface area contributed by atoms with E-state index in [4.69, 9.17) is 37.4 Å². The van der Waals surface area contributed by atoms with Crippen LogP contribution in [0.25, 0.3) is 0 Å². The van der Waals surface area contributed by atoms with Crippen molar-refractivity contribution in [3.8, 4) is 17.4 Å². The van der Waals surface area contributed by atoms with Crippen molar-refractivity contribution in [1.82, 2.24) is 4.98 Å². The molecule has 1 aromatic carbocycles. The first-order chi connectivity index (χ1) is 12.3. The van der Waals surface area contributed by atoms with E-state index in [0.29, 0.717) is 41.2 Å². The number of esters is 1. The SMILES string of the molecule is CCOC(=O)C(C)(C)CCOc1ccc(Oc2ncc(Cl)cc2Cl)cc1. The Morgan fingerprint density at radius 3 is 2.42 bits per heavy atom. The van der Waals surface area contributed by atoms with E-state index < -0.39 is 5.41 Å². The van der Waals surface area contributed by atoms with Crippen LogP contribution in [0, 0.1) is 5.41 Å². The zero-order valence-corrected chi connectivity index (χ0v) is 16.4. The van der Waals surface area contributed by atoms with E-state index >= 15 is 0 Å². The Labute approximate surface area is 163 Å². The summed E-state index contributed by atoms with van der Waals surface area (Å²) in [5, 5.41) is 0.774. The van der Waals surface area contributed by atoms with Gasteiger partial charge in [-0.25, -0.2) is 4.98 Å². The van der Waals surface area contributed by atoms with Gasteiger partial charge in [-0.3, -0.25) is 4.79 Å². The van der Waals surface area contributed by atoms with Crippen molar-refractivity contribution in [2.45, 2.75) is 27.2 Å². The summed E-state index contributed by atoms with van der Waals surface area (Å²) in [6.45, 7) is 6.25. The second kappa shape index (κ2) is 9.10. The second-order valence-electron chi connectivity index (χ2n) is 6.22. The van der Waals surface area contributed by atoms with Crippen molar-refractivity contribution in [1.29, 1.82) is 0 Å². The molecule has 1 aromatic heterocycles. The van der Waals surface area contributed by atoms with Crippen LogP contribution in [0.5, 0.6) is 17.4 Å². The van der Waals surface area contributed by atoms with Gasteiger partial charge in [0, 0.05) is 6.20 Å². The number of rotatable bonds is 8. The highest BCUT2D eigenvalue weighted by Crippen LogP contribution is 2.30. The predicted octanol–water partition coefficient (Wildman–Crippen LogP) is 5.54. The molecule has 2 aromatic rings. The number of benzene rings is 1. The standard InChI is InChI=1S/C19H21Cl2NO4/c1-4-24-18(23)19(2,3)9-10-25-14-5-7-15(8-6-14)26-17-16(21)11-13(20)12-22-17/h5-8,11-12H,4,9-10H2,1-3H3. The molecule has 1 heterocycles. The fourth-order valence-corrected chi connectivity index (χ4v) is 2.46. The Hall–Kier alpha value is -1.98. The van der Waals surface area contributed by atoms with Crippen LogP contribution in [0.3, 0.4) is 0 Å². The van der Waals surface area contributed by atoms with E-state index in [2.05, 4.69) is 4.98 Å². The number of hydrogen-bond acceptors (Lipinski definition) is 5. The molecular weight excluding hydrogens is 377 g/mol. The summed E-state index contributed by atoms with van der Waals surface area (Å²) in [4.78, 5) is 15.9. The lowest BCUT2D eigenvalue weighted by Gasteiger charge is -2.22. The molecule has 0 aliphatic rings. The number of aromatic nitrogens is 1. The van der Waals surface area contributed by atoms with Gasteiger partial charge in [-0.2, -0.15) is 0 Å². The second-order valence-corrected chi connectivity index (χ2v) is 7.06. The molecule has 0 atom stereocenters. The molecular formula is C19H21Cl2NO4. The number of halogens is 2. The number of ether oxygens (including phenoxy) is 3. The van der Waals surface area contributed by atoms with E-state index in [-0.39, 0.29) is 11.8 Å². The van der Waals surface area contributed by atoms with Gasteiger partial charge in [-0.05, 0) is 57.5 Å². The fourth-order valence-electron chi connectivity index (χ4n) is 2.05. The lowest BCUT2D eigenvalue weighted by Crippen LogP contribution is -2.28. The molecule has 140 valence electrons. The van der Waals surface area contributed by atoms with Gasteiger partial charge in [0.2, 0.25) is 5.88 Å². The number of pyridine rings is 1. The maximum Gasteiger partial charge on any atom is 0.311 e. The molecule has 0 bridgehead atoms. The van der Waals surface area contributed by atoms with Crippen molar-refractivity contribution in [3.63, 3.8) is 0 Å². The lowest BCUT2D eigenvalue weighted by atomic mass is 9.90. The third kappa shape index (κ3) is 5.78. The van der Waals surface area contributed by atoms with Crippen LogP contribution in [0.4, 0.5) is 0 Å². The van der Waals surface area contributed by atoms with Crippen LogP contribution in [-0.2, 0) is 9.53 Å². The molecule has 0 radical (unpaired) electrons. The zero-order chi connectivity index (χ0) is 19.2. The van der Waals surface area contributed by atoms with E-state index in [0.717, 1.165) is 0 Å². The minimum atomic E-state index is -0.587. The van der Waals surface area contributed by atoms with Gasteiger partial charge in [0.15, 0.2) is 0 Å². The van der Waals surface area contributed by atoms with Gasteiger partial charge in [-0.1, -0.05) is 23.2 Å². The van der Waals surface area contributed by atoms with Crippen LogP contribution in [-0.4, -0.2) is 24.2 Å². The first-order valence-electron chi connectivity index (χ1n) is 8.21. The smallest absolute Gasteiger partial charge is 0.311 e. The summed E-state index contributed by atoms with van der Waals surface area (Å²) < 4.78 is 16.4. The molecule has 0 amide bonds. The van der Waals surface area contributed by atoms with Crippen LogP contribution < -0.4 is 9.47 Å². The largest absolute Gasteiger partial charge is 0.494 e. The average molecular weight is 398 g/mol. The van der Waals surface area contributed by atoms with Gasteiger partial charge in [0.05, 0.1) is 23.7 Å². The average Bonchev–Trinajstić information content (AvgIpc) is 2.59. The first kappa shape index (κ1) is 20.3. The van der Waals surface area contributed by atoms with Crippen molar-refractivity contribution in [3.05, 3.63) is 46.6 Å². The third-order valence-corrected chi connectivity index (χ3v) is 4.11. The molecule has 7 heteroatoms. The number of nitrogens with zero attached hydrogens (tertiary/aromatic N) is 1. The quantitative estimate of drug-likeness (QED) is 0.547. The highest BCUT2D eigenvalue weighted by molar-refractivity contribution is 6.35. The normalized spacial score (nSPS) is 11.1. The Balaban J connectivity index is 1.88. The molecule has 5 nitrogen and oxygen atoms in total. The van der Waals surface area contributed by atoms with Crippen LogP contribution >= 0.6 is 23.2 Å². The maximum absolute atomic E-state index is 11.9. The Kier molecular flexibility index (Phi) is 7.12. The summed E-state index contributed by atoms with van der Waals surface area (Å²) in [6, 6.07) is 8.61. The number of carbonyl (C=O) groups is 1. The van der Waals surface area contributed by atoms with E-state index in [9.17, 15) is 4.79 Å². The lowest BCUT2D eigenvalue weighted by molar-refractivity contribution is -0.154. The van der Waals surface area contributed by atoms with Crippen molar-refractivity contribution < 1.29 is 19.0 Å². The molecule has 0 spiro atoms. The van der Waals surface area contributed by atoms with Crippen molar-refractivity contribution >= 4 is 29.2 Å². The summed E-state index contributed by atoms with van der Waals surface area (Å²) in [5.41, 5.74) is -0.587. The molecule has 0 N–H and O–H groups in total. The zero-order valence-electron chi connectivity index (χ0n) is 14.9. The third-order valence-electron chi connectivity index (χ3n) is 3.64. The van der Waals surface area contributed by atoms with E-state index in [1.165, 1.54) is 6.20 Å². The van der Waals surface area contributed by atoms with E-state index in [1.54, 1.807) is 37.3 Å². The molecule has 2 rings (SSSR count). The summed E-state index contributed by atoms with van der Waals surface area (Å²) in [5.74, 6) is 1.30. The fraction of sp³-hybridized carbons (Fsp3) is 0.368. The molecule has 0 saturated carbocycles. The Morgan fingerprint density at radius 1 is 1.15 bits per heavy atom. The number of hydrogen-bond donors (Lipinski definition) is 0. The molecule has 0 aliphatic heterocycles. The monoisotopic (exact) mass is 397 g/mol. The molecule has 0 fully saturated rings. The number of carbonyl (C=O) groups excluding carboxylic acids is 1. The van der Waals surface area contributed by atoms with Crippen molar-refractivity contribution in [2.75, 3.05) is 13.2 Å². The first-order valence-corrected chi connectivity index (χ1v) is 8.96. The van der Waals surface area contributed by atoms with Gasteiger partial charge in [0.25, 0.3) is 0 Å². The summed E-state index contributed by atoms with van der Waals surface area (Å²) >= 11 is 11.8. The predicted molar refractivity (Wildman–Crippen MR) is 101 cm³/mol. The van der Waals surface area contributed by atoms with Gasteiger partial charge < -0.3 is 14.2 Å². The topological polar surface area (TPSA) is 57.7 Å². The Bertz CT molecular complexity index is 748. The summed E-state index contributed by atoms with van der Waals surface area (Å²) in [6.07, 6.45) is 2.01. The van der Waals surface area contributed by atoms with Crippen LogP contribution in [0.1, 0.15) is 27.2 Å². The van der Waals surface area contributed by atoms with E-state index in [1.807, 2.05) is 13.8 Å². The van der Waals surface area contributed by atoms with Crippen LogP contribution in [0.15, 0.2) is 36.5 Å². The highest BCUT2D eigenvalue weighted by Gasteiger charge is 2.28. The molecule has 0 aliphatic carbocycles. The van der Waals surface area contributed by atoms with Crippen molar-refractivity contribution in [2.24, 2.45) is 5.41 Å². The molecule has 26 heavy (non-hydrogen) atoms. The Morgan fingerprint density at radius 2 is 1.81 bits per heavy atom. The minimum Gasteiger partial charge on any atom is -0.494 e. The minimum absolute atomic E-state index is 0.223. The van der Waals surface area contributed by atoms with Gasteiger partial charge >= 0.3 is 5.97 Å². The molecule has 0 saturated heterocycles. The molecule has 0 unspecified atom stereocenters. The van der Waals surface area contributed by atoms with Gasteiger partial charge in [0.1, 0.15) is 16.5 Å². The van der Waals surface area contributed by atoms with Crippen LogP contribution in [0.2, 0.25) is 10.0 Å². The summed E-state index contributed by atoms with van der Waals surface area (Å²) in [7, 11) is 0. The van der Waals surface area contributed by atoms with Gasteiger partial charge in [-0.15, -0.1) is 0 Å².